The third kappa shape index (κ3) is 3.26. The SMILES string of the molecule is CC(C)(C)c1nc(C(N)c2cc(Cl)cc(Cl)c2)no1. The van der Waals surface area contributed by atoms with Gasteiger partial charge in [-0.3, -0.25) is 0 Å². The second kappa shape index (κ2) is 5.12. The second-order valence-electron chi connectivity index (χ2n) is 5.39. The van der Waals surface area contributed by atoms with E-state index in [0.29, 0.717) is 21.8 Å². The fourth-order valence-electron chi connectivity index (χ4n) is 1.57. The topological polar surface area (TPSA) is 64.9 Å². The fourth-order valence-corrected chi connectivity index (χ4v) is 2.11. The molecule has 2 N–H and O–H groups in total. The Morgan fingerprint density at radius 2 is 1.74 bits per heavy atom. The number of aromatic nitrogens is 2. The third-order valence-electron chi connectivity index (χ3n) is 2.61. The van der Waals surface area contributed by atoms with Crippen LogP contribution in [0.25, 0.3) is 0 Å². The number of nitrogens with zero attached hydrogens (tertiary/aromatic N) is 2. The number of hydrogen-bond donors (Lipinski definition) is 1. The Morgan fingerprint density at radius 3 is 2.21 bits per heavy atom. The van der Waals surface area contributed by atoms with E-state index < -0.39 is 6.04 Å². The highest BCUT2D eigenvalue weighted by molar-refractivity contribution is 6.34. The molecule has 0 spiro atoms. The predicted molar refractivity (Wildman–Crippen MR) is 75.5 cm³/mol. The van der Waals surface area contributed by atoms with Crippen LogP contribution in [-0.2, 0) is 5.41 Å². The van der Waals surface area contributed by atoms with Crippen molar-refractivity contribution in [2.24, 2.45) is 5.73 Å². The van der Waals surface area contributed by atoms with Crippen LogP contribution in [-0.4, -0.2) is 10.1 Å². The van der Waals surface area contributed by atoms with Crippen molar-refractivity contribution in [3.8, 4) is 0 Å². The van der Waals surface area contributed by atoms with Crippen molar-refractivity contribution in [3.63, 3.8) is 0 Å². The Hall–Kier alpha value is -1.10. The van der Waals surface area contributed by atoms with Crippen molar-refractivity contribution < 1.29 is 4.52 Å². The number of benzene rings is 1. The summed E-state index contributed by atoms with van der Waals surface area (Å²) in [6, 6.07) is 4.61. The summed E-state index contributed by atoms with van der Waals surface area (Å²) in [6.07, 6.45) is 0. The average Bonchev–Trinajstić information content (AvgIpc) is 2.75. The van der Waals surface area contributed by atoms with Crippen LogP contribution in [0.1, 0.15) is 44.1 Å². The van der Waals surface area contributed by atoms with E-state index in [4.69, 9.17) is 33.5 Å². The molecule has 1 unspecified atom stereocenters. The molecule has 19 heavy (non-hydrogen) atoms. The zero-order valence-electron chi connectivity index (χ0n) is 10.9. The van der Waals surface area contributed by atoms with Gasteiger partial charge in [-0.1, -0.05) is 49.1 Å². The molecule has 0 radical (unpaired) electrons. The third-order valence-corrected chi connectivity index (χ3v) is 3.04. The van der Waals surface area contributed by atoms with Crippen LogP contribution >= 0.6 is 23.2 Å². The molecular weight excluding hydrogens is 285 g/mol. The summed E-state index contributed by atoms with van der Waals surface area (Å²) >= 11 is 11.9. The van der Waals surface area contributed by atoms with Gasteiger partial charge in [0.05, 0.1) is 6.04 Å². The Morgan fingerprint density at radius 1 is 1.16 bits per heavy atom. The van der Waals surface area contributed by atoms with E-state index in [2.05, 4.69) is 10.1 Å². The monoisotopic (exact) mass is 299 g/mol. The number of hydrogen-bond acceptors (Lipinski definition) is 4. The van der Waals surface area contributed by atoms with Crippen molar-refractivity contribution in [1.82, 2.24) is 10.1 Å². The molecule has 6 heteroatoms. The summed E-state index contributed by atoms with van der Waals surface area (Å²) in [7, 11) is 0. The molecule has 0 aliphatic carbocycles. The zero-order chi connectivity index (χ0) is 14.2. The molecule has 0 bridgehead atoms. The van der Waals surface area contributed by atoms with Crippen LogP contribution in [0.15, 0.2) is 22.7 Å². The lowest BCUT2D eigenvalue weighted by molar-refractivity contribution is 0.317. The van der Waals surface area contributed by atoms with Gasteiger partial charge in [0, 0.05) is 15.5 Å². The normalized spacial score (nSPS) is 13.6. The van der Waals surface area contributed by atoms with Crippen molar-refractivity contribution in [3.05, 3.63) is 45.5 Å². The zero-order valence-corrected chi connectivity index (χ0v) is 12.5. The van der Waals surface area contributed by atoms with Gasteiger partial charge in [-0.2, -0.15) is 4.98 Å². The molecule has 0 fully saturated rings. The summed E-state index contributed by atoms with van der Waals surface area (Å²) in [4.78, 5) is 4.33. The molecule has 1 aromatic heterocycles. The number of nitrogens with two attached hydrogens (primary N) is 1. The Balaban J connectivity index is 2.33. The van der Waals surface area contributed by atoms with E-state index in [-0.39, 0.29) is 5.41 Å². The fraction of sp³-hybridized carbons (Fsp3) is 0.385. The molecule has 2 rings (SSSR count). The quantitative estimate of drug-likeness (QED) is 0.918. The van der Waals surface area contributed by atoms with Crippen molar-refractivity contribution in [2.75, 3.05) is 0 Å². The molecule has 2 aromatic rings. The summed E-state index contributed by atoms with van der Waals surface area (Å²) in [6.45, 7) is 5.98. The maximum absolute atomic E-state index is 6.11. The Kier molecular flexibility index (Phi) is 3.85. The summed E-state index contributed by atoms with van der Waals surface area (Å²) in [5.74, 6) is 0.967. The summed E-state index contributed by atoms with van der Waals surface area (Å²) < 4.78 is 5.23. The van der Waals surface area contributed by atoms with Crippen LogP contribution in [0, 0.1) is 0 Å². The Labute approximate surface area is 121 Å². The molecule has 1 heterocycles. The molecular formula is C13H15Cl2N3O. The molecule has 0 aliphatic rings. The summed E-state index contributed by atoms with van der Waals surface area (Å²) in [5.41, 5.74) is 6.65. The van der Waals surface area contributed by atoms with Gasteiger partial charge < -0.3 is 10.3 Å². The lowest BCUT2D eigenvalue weighted by Gasteiger charge is -2.11. The highest BCUT2D eigenvalue weighted by atomic mass is 35.5. The minimum absolute atomic E-state index is 0.211. The number of rotatable bonds is 2. The van der Waals surface area contributed by atoms with E-state index in [1.54, 1.807) is 18.2 Å². The molecule has 0 aliphatic heterocycles. The smallest absolute Gasteiger partial charge is 0.232 e. The van der Waals surface area contributed by atoms with Crippen LogP contribution in [0.4, 0.5) is 0 Å². The first-order chi connectivity index (χ1) is 8.77. The number of halogens is 2. The maximum atomic E-state index is 6.11. The van der Waals surface area contributed by atoms with Crippen molar-refractivity contribution in [1.29, 1.82) is 0 Å². The molecule has 4 nitrogen and oxygen atoms in total. The molecule has 0 amide bonds. The first-order valence-electron chi connectivity index (χ1n) is 5.83. The summed E-state index contributed by atoms with van der Waals surface area (Å²) in [5, 5.41) is 4.97. The van der Waals surface area contributed by atoms with Gasteiger partial charge in [0.1, 0.15) is 0 Å². The molecule has 0 saturated carbocycles. The van der Waals surface area contributed by atoms with Gasteiger partial charge in [-0.25, -0.2) is 0 Å². The Bertz CT molecular complexity index is 570. The lowest BCUT2D eigenvalue weighted by Crippen LogP contribution is -2.15. The molecule has 1 aromatic carbocycles. The van der Waals surface area contributed by atoms with E-state index in [1.165, 1.54) is 0 Å². The highest BCUT2D eigenvalue weighted by Gasteiger charge is 2.24. The molecule has 1 atom stereocenters. The predicted octanol–water partition coefficient (Wildman–Crippen LogP) is 3.72. The largest absolute Gasteiger partial charge is 0.339 e. The van der Waals surface area contributed by atoms with E-state index >= 15 is 0 Å². The standard InChI is InChI=1S/C13H15Cl2N3O/c1-13(2,3)12-17-11(18-19-12)10(16)7-4-8(14)6-9(15)5-7/h4-6,10H,16H2,1-3H3. The van der Waals surface area contributed by atoms with Gasteiger partial charge in [0.2, 0.25) is 5.89 Å². The maximum Gasteiger partial charge on any atom is 0.232 e. The lowest BCUT2D eigenvalue weighted by atomic mass is 9.97. The average molecular weight is 300 g/mol. The van der Waals surface area contributed by atoms with Crippen LogP contribution in [0.3, 0.4) is 0 Å². The van der Waals surface area contributed by atoms with E-state index in [1.807, 2.05) is 20.8 Å². The van der Waals surface area contributed by atoms with Crippen molar-refractivity contribution in [2.45, 2.75) is 32.2 Å². The van der Waals surface area contributed by atoms with E-state index in [0.717, 1.165) is 5.56 Å². The van der Waals surface area contributed by atoms with Crippen LogP contribution in [0.2, 0.25) is 10.0 Å². The van der Waals surface area contributed by atoms with Gasteiger partial charge in [0.15, 0.2) is 5.82 Å². The minimum atomic E-state index is -0.518. The van der Waals surface area contributed by atoms with Crippen molar-refractivity contribution >= 4 is 23.2 Å². The minimum Gasteiger partial charge on any atom is -0.339 e. The van der Waals surface area contributed by atoms with Gasteiger partial charge >= 0.3 is 0 Å². The second-order valence-corrected chi connectivity index (χ2v) is 6.26. The highest BCUT2D eigenvalue weighted by Crippen LogP contribution is 2.27. The van der Waals surface area contributed by atoms with E-state index in [9.17, 15) is 0 Å². The first kappa shape index (κ1) is 14.3. The van der Waals surface area contributed by atoms with Crippen LogP contribution < -0.4 is 5.73 Å². The van der Waals surface area contributed by atoms with Gasteiger partial charge in [-0.15, -0.1) is 0 Å². The first-order valence-corrected chi connectivity index (χ1v) is 6.58. The molecule has 102 valence electrons. The van der Waals surface area contributed by atoms with Crippen LogP contribution in [0.5, 0.6) is 0 Å². The molecule has 0 saturated heterocycles. The van der Waals surface area contributed by atoms with Gasteiger partial charge in [0.25, 0.3) is 0 Å². The van der Waals surface area contributed by atoms with Gasteiger partial charge in [-0.05, 0) is 23.8 Å².